The minimum atomic E-state index is -0.399. The summed E-state index contributed by atoms with van der Waals surface area (Å²) in [6.07, 6.45) is 5.27. The maximum Gasteiger partial charge on any atom is 0.323 e. The second-order valence-electron chi connectivity index (χ2n) is 6.31. The smallest absolute Gasteiger partial charge is 0.323 e. The minimum absolute atomic E-state index is 0.213. The second-order valence-corrected chi connectivity index (χ2v) is 7.51. The van der Waals surface area contributed by atoms with Crippen LogP contribution in [-0.4, -0.2) is 23.1 Å². The molecule has 0 aromatic carbocycles. The molecule has 2 aromatic rings. The molecule has 0 saturated heterocycles. The molecule has 0 aliphatic heterocycles. The molecule has 1 saturated carbocycles. The lowest BCUT2D eigenvalue weighted by atomic mass is 10.1. The van der Waals surface area contributed by atoms with Crippen molar-refractivity contribution in [2.45, 2.75) is 38.7 Å². The summed E-state index contributed by atoms with van der Waals surface area (Å²) >= 11 is 9.79. The molecule has 3 rings (SSSR count). The highest BCUT2D eigenvalue weighted by Gasteiger charge is 2.27. The van der Waals surface area contributed by atoms with Gasteiger partial charge in [-0.25, -0.2) is 4.79 Å². The number of carbonyl (C=O) groups is 1. The number of pyridine rings is 2. The number of hydrogen-bond donors (Lipinski definition) is 2. The van der Waals surface area contributed by atoms with Gasteiger partial charge in [-0.15, -0.1) is 0 Å². The molecule has 1 unspecified atom stereocenters. The lowest BCUT2D eigenvalue weighted by molar-refractivity contribution is 0.119. The Morgan fingerprint density at radius 2 is 2.08 bits per heavy atom. The molecular formula is C18H20BrClN4O2. The highest BCUT2D eigenvalue weighted by atomic mass is 79.9. The summed E-state index contributed by atoms with van der Waals surface area (Å²) in [5.41, 5.74) is 3.66. The van der Waals surface area contributed by atoms with Crippen LogP contribution in [0.2, 0.25) is 5.02 Å². The maximum absolute atomic E-state index is 12.4. The van der Waals surface area contributed by atoms with Gasteiger partial charge in [0.25, 0.3) is 0 Å². The number of methoxy groups -OCH3 is 1. The van der Waals surface area contributed by atoms with E-state index < -0.39 is 6.03 Å². The fourth-order valence-electron chi connectivity index (χ4n) is 2.67. The zero-order valence-electron chi connectivity index (χ0n) is 14.8. The predicted octanol–water partition coefficient (Wildman–Crippen LogP) is 5.43. The predicted molar refractivity (Wildman–Crippen MR) is 106 cm³/mol. The third kappa shape index (κ3) is 4.16. The number of hydrogen-bond acceptors (Lipinski definition) is 4. The number of amides is 2. The van der Waals surface area contributed by atoms with Gasteiger partial charge in [0.1, 0.15) is 0 Å². The molecule has 1 aliphatic rings. The standard InChI is InChI=1S/C18H20BrClN4O2/c1-9-16(19)15(10(2)26-3)14(8-21-9)24-18(25)23-12-6-13(20)17(22-7-12)11-4-5-11/h6-8,10-11H,4-5H2,1-3H3,(H2,23,24,25). The number of carbonyl (C=O) groups excluding carboxylic acids is 1. The Balaban J connectivity index is 1.76. The zero-order chi connectivity index (χ0) is 18.8. The molecule has 26 heavy (non-hydrogen) atoms. The maximum atomic E-state index is 12.4. The van der Waals surface area contributed by atoms with Crippen LogP contribution in [0.3, 0.4) is 0 Å². The summed E-state index contributed by atoms with van der Waals surface area (Å²) < 4.78 is 6.22. The first-order valence-electron chi connectivity index (χ1n) is 8.32. The number of nitrogens with one attached hydrogen (secondary N) is 2. The largest absolute Gasteiger partial charge is 0.377 e. The number of ether oxygens (including phenoxy) is 1. The summed E-state index contributed by atoms with van der Waals surface area (Å²) in [7, 11) is 1.62. The molecule has 1 aliphatic carbocycles. The van der Waals surface area contributed by atoms with Gasteiger partial charge in [-0.2, -0.15) is 0 Å². The number of nitrogens with zero attached hydrogens (tertiary/aromatic N) is 2. The van der Waals surface area contributed by atoms with Gasteiger partial charge in [-0.05, 0) is 48.7 Å². The van der Waals surface area contributed by atoms with Crippen molar-refractivity contribution in [1.29, 1.82) is 0 Å². The molecule has 0 spiro atoms. The topological polar surface area (TPSA) is 76.1 Å². The second kappa shape index (κ2) is 7.90. The van der Waals surface area contributed by atoms with E-state index in [1.807, 2.05) is 13.8 Å². The highest BCUT2D eigenvalue weighted by Crippen LogP contribution is 2.42. The lowest BCUT2D eigenvalue weighted by Gasteiger charge is -2.18. The molecule has 8 heteroatoms. The Bertz CT molecular complexity index is 842. The number of aryl methyl sites for hydroxylation is 1. The third-order valence-corrected chi connectivity index (χ3v) is 5.64. The van der Waals surface area contributed by atoms with Gasteiger partial charge in [0.2, 0.25) is 0 Å². The SMILES string of the molecule is COC(C)c1c(NC(=O)Nc2cnc(C3CC3)c(Cl)c2)cnc(C)c1Br. The summed E-state index contributed by atoms with van der Waals surface area (Å²) in [6, 6.07) is 1.33. The monoisotopic (exact) mass is 438 g/mol. The molecule has 2 heterocycles. The molecule has 0 radical (unpaired) electrons. The number of rotatable bonds is 5. The molecule has 2 aromatic heterocycles. The van der Waals surface area contributed by atoms with E-state index in [-0.39, 0.29) is 6.10 Å². The zero-order valence-corrected chi connectivity index (χ0v) is 17.1. The number of anilines is 2. The van der Waals surface area contributed by atoms with Crippen molar-refractivity contribution in [2.75, 3.05) is 17.7 Å². The van der Waals surface area contributed by atoms with Crippen LogP contribution in [-0.2, 0) is 4.74 Å². The summed E-state index contributed by atoms with van der Waals surface area (Å²) in [5.74, 6) is 0.458. The molecule has 138 valence electrons. The average molecular weight is 440 g/mol. The van der Waals surface area contributed by atoms with Gasteiger partial charge in [0, 0.05) is 23.1 Å². The van der Waals surface area contributed by atoms with Gasteiger partial charge in [0.15, 0.2) is 0 Å². The van der Waals surface area contributed by atoms with Crippen molar-refractivity contribution in [1.82, 2.24) is 9.97 Å². The Hall–Kier alpha value is -1.70. The van der Waals surface area contributed by atoms with Crippen molar-refractivity contribution < 1.29 is 9.53 Å². The quantitative estimate of drug-likeness (QED) is 0.651. The van der Waals surface area contributed by atoms with Crippen molar-refractivity contribution in [3.8, 4) is 0 Å². The lowest BCUT2D eigenvalue weighted by Crippen LogP contribution is -2.21. The first kappa shape index (κ1) is 19.1. The van der Waals surface area contributed by atoms with Crippen LogP contribution in [0, 0.1) is 6.92 Å². The minimum Gasteiger partial charge on any atom is -0.377 e. The van der Waals surface area contributed by atoms with Crippen molar-refractivity contribution in [3.63, 3.8) is 0 Å². The van der Waals surface area contributed by atoms with E-state index >= 15 is 0 Å². The Labute approximate surface area is 165 Å². The first-order valence-corrected chi connectivity index (χ1v) is 9.49. The molecule has 2 amide bonds. The molecular weight excluding hydrogens is 420 g/mol. The van der Waals surface area contributed by atoms with E-state index in [1.54, 1.807) is 25.6 Å². The molecule has 2 N–H and O–H groups in total. The molecule has 1 fully saturated rings. The van der Waals surface area contributed by atoms with E-state index in [1.165, 1.54) is 0 Å². The molecule has 0 bridgehead atoms. The van der Waals surface area contributed by atoms with Gasteiger partial charge in [-0.1, -0.05) is 11.6 Å². The number of halogens is 2. The fraction of sp³-hybridized carbons (Fsp3) is 0.389. The normalized spacial score (nSPS) is 14.8. The van der Waals surface area contributed by atoms with Gasteiger partial charge in [0.05, 0.1) is 46.3 Å². The van der Waals surface area contributed by atoms with E-state index in [0.29, 0.717) is 22.3 Å². The van der Waals surface area contributed by atoms with Crippen molar-refractivity contribution in [3.05, 3.63) is 44.9 Å². The fourth-order valence-corrected chi connectivity index (χ4v) is 3.63. The highest BCUT2D eigenvalue weighted by molar-refractivity contribution is 9.10. The van der Waals surface area contributed by atoms with Gasteiger partial charge < -0.3 is 15.4 Å². The molecule has 1 atom stereocenters. The van der Waals surface area contributed by atoms with Gasteiger partial charge >= 0.3 is 6.03 Å². The Morgan fingerprint density at radius 3 is 2.69 bits per heavy atom. The van der Waals surface area contributed by atoms with Crippen LogP contribution in [0.25, 0.3) is 0 Å². The van der Waals surface area contributed by atoms with Crippen LogP contribution < -0.4 is 10.6 Å². The van der Waals surface area contributed by atoms with Crippen LogP contribution >= 0.6 is 27.5 Å². The van der Waals surface area contributed by atoms with Crippen molar-refractivity contribution >= 4 is 44.9 Å². The first-order chi connectivity index (χ1) is 12.4. The molecule has 6 nitrogen and oxygen atoms in total. The van der Waals surface area contributed by atoms with E-state index in [0.717, 1.165) is 34.3 Å². The van der Waals surface area contributed by atoms with Crippen LogP contribution in [0.15, 0.2) is 22.9 Å². The van der Waals surface area contributed by atoms with Gasteiger partial charge in [-0.3, -0.25) is 9.97 Å². The summed E-state index contributed by atoms with van der Waals surface area (Å²) in [5, 5.41) is 6.16. The van der Waals surface area contributed by atoms with E-state index in [9.17, 15) is 4.79 Å². The van der Waals surface area contributed by atoms with Crippen LogP contribution in [0.1, 0.15) is 48.7 Å². The summed E-state index contributed by atoms with van der Waals surface area (Å²) in [4.78, 5) is 21.1. The number of aromatic nitrogens is 2. The Morgan fingerprint density at radius 1 is 1.35 bits per heavy atom. The van der Waals surface area contributed by atoms with Crippen LogP contribution in [0.4, 0.5) is 16.2 Å². The van der Waals surface area contributed by atoms with E-state index in [4.69, 9.17) is 16.3 Å². The third-order valence-electron chi connectivity index (χ3n) is 4.33. The average Bonchev–Trinajstić information content (AvgIpc) is 3.43. The number of urea groups is 1. The van der Waals surface area contributed by atoms with Crippen LogP contribution in [0.5, 0.6) is 0 Å². The van der Waals surface area contributed by atoms with E-state index in [2.05, 4.69) is 36.5 Å². The van der Waals surface area contributed by atoms with Crippen molar-refractivity contribution in [2.24, 2.45) is 0 Å². The summed E-state index contributed by atoms with van der Waals surface area (Å²) in [6.45, 7) is 3.79. The Kier molecular flexibility index (Phi) is 5.79.